The number of hydrogen-bond acceptors (Lipinski definition) is 2. The highest BCUT2D eigenvalue weighted by Gasteiger charge is 2.37. The normalized spacial score (nSPS) is 17.4. The summed E-state index contributed by atoms with van der Waals surface area (Å²) in [6, 6.07) is 1.10. The summed E-state index contributed by atoms with van der Waals surface area (Å²) in [5, 5.41) is 18.4. The number of benzene rings is 1. The molecule has 1 aromatic rings. The van der Waals surface area contributed by atoms with E-state index in [2.05, 4.69) is 0 Å². The van der Waals surface area contributed by atoms with Crippen molar-refractivity contribution in [1.82, 2.24) is 4.90 Å². The highest BCUT2D eigenvalue weighted by Crippen LogP contribution is 2.32. The van der Waals surface area contributed by atoms with E-state index in [-0.39, 0.29) is 13.1 Å². The first-order valence-corrected chi connectivity index (χ1v) is 5.20. The van der Waals surface area contributed by atoms with E-state index >= 15 is 0 Å². The van der Waals surface area contributed by atoms with Gasteiger partial charge < -0.3 is 15.1 Å². The van der Waals surface area contributed by atoms with Crippen LogP contribution in [0.4, 0.5) is 18.0 Å². The highest BCUT2D eigenvalue weighted by molar-refractivity contribution is 5.66. The Morgan fingerprint density at radius 3 is 2.50 bits per heavy atom. The maximum Gasteiger partial charge on any atom is 0.407 e. The predicted molar refractivity (Wildman–Crippen MR) is 54.4 cm³/mol. The molecule has 1 amide bonds. The Hall–Kier alpha value is -1.76. The van der Waals surface area contributed by atoms with Crippen LogP contribution in [0.5, 0.6) is 0 Å². The van der Waals surface area contributed by atoms with E-state index in [1.54, 1.807) is 0 Å². The number of aliphatic hydroxyl groups is 1. The second kappa shape index (κ2) is 4.49. The van der Waals surface area contributed by atoms with Gasteiger partial charge in [0.25, 0.3) is 0 Å². The monoisotopic (exact) mass is 261 g/mol. The minimum Gasteiger partial charge on any atom is -0.465 e. The van der Waals surface area contributed by atoms with Crippen LogP contribution in [0, 0.1) is 23.4 Å². The van der Waals surface area contributed by atoms with Gasteiger partial charge in [-0.3, -0.25) is 0 Å². The topological polar surface area (TPSA) is 60.8 Å². The molecule has 1 saturated heterocycles. The summed E-state index contributed by atoms with van der Waals surface area (Å²) in [6.45, 7) is 0.0160. The quantitative estimate of drug-likeness (QED) is 0.797. The van der Waals surface area contributed by atoms with Crippen LogP contribution >= 0.6 is 0 Å². The zero-order chi connectivity index (χ0) is 13.4. The molecule has 1 aliphatic rings. The average Bonchev–Trinajstić information content (AvgIpc) is 2.20. The second-order valence-corrected chi connectivity index (χ2v) is 4.18. The zero-order valence-corrected chi connectivity index (χ0v) is 9.11. The molecular weight excluding hydrogens is 251 g/mol. The van der Waals surface area contributed by atoms with E-state index in [1.807, 2.05) is 0 Å². The molecule has 1 unspecified atom stereocenters. The van der Waals surface area contributed by atoms with Crippen LogP contribution in [0.25, 0.3) is 0 Å². The molecule has 1 aromatic carbocycles. The van der Waals surface area contributed by atoms with Crippen molar-refractivity contribution in [3.05, 3.63) is 35.1 Å². The minimum atomic E-state index is -1.43. The van der Waals surface area contributed by atoms with Gasteiger partial charge >= 0.3 is 6.09 Å². The maximum absolute atomic E-state index is 13.4. The number of carboxylic acid groups (broad SMARTS) is 1. The molecule has 0 radical (unpaired) electrons. The SMILES string of the molecule is O=C(O)N1CC(C(O)c2cc(F)cc(F)c2F)C1. The van der Waals surface area contributed by atoms with Crippen molar-refractivity contribution in [1.29, 1.82) is 0 Å². The third kappa shape index (κ3) is 2.13. The molecule has 0 spiro atoms. The summed E-state index contributed by atoms with van der Waals surface area (Å²) in [6.07, 6.45) is -2.57. The molecule has 0 aliphatic carbocycles. The molecule has 4 nitrogen and oxygen atoms in total. The first-order chi connectivity index (χ1) is 8.40. The lowest BCUT2D eigenvalue weighted by molar-refractivity contribution is 0.000857. The van der Waals surface area contributed by atoms with Crippen molar-refractivity contribution in [3.63, 3.8) is 0 Å². The Morgan fingerprint density at radius 2 is 1.94 bits per heavy atom. The summed E-state index contributed by atoms with van der Waals surface area (Å²) in [4.78, 5) is 11.5. The van der Waals surface area contributed by atoms with Crippen LogP contribution in [-0.4, -0.2) is 34.3 Å². The minimum absolute atomic E-state index is 0.00801. The smallest absolute Gasteiger partial charge is 0.407 e. The average molecular weight is 261 g/mol. The predicted octanol–water partition coefficient (Wildman–Crippen LogP) is 1.75. The van der Waals surface area contributed by atoms with E-state index in [9.17, 15) is 23.1 Å². The zero-order valence-electron chi connectivity index (χ0n) is 9.11. The lowest BCUT2D eigenvalue weighted by Gasteiger charge is -2.39. The van der Waals surface area contributed by atoms with E-state index < -0.39 is 41.1 Å². The molecule has 7 heteroatoms. The fourth-order valence-corrected chi connectivity index (χ4v) is 1.91. The molecule has 0 bridgehead atoms. The molecule has 98 valence electrons. The van der Waals surface area contributed by atoms with Crippen LogP contribution in [-0.2, 0) is 0 Å². The van der Waals surface area contributed by atoms with Crippen molar-refractivity contribution < 1.29 is 28.2 Å². The van der Waals surface area contributed by atoms with Gasteiger partial charge in [0.1, 0.15) is 5.82 Å². The largest absolute Gasteiger partial charge is 0.465 e. The van der Waals surface area contributed by atoms with Crippen LogP contribution in [0.1, 0.15) is 11.7 Å². The number of carbonyl (C=O) groups is 1. The fraction of sp³-hybridized carbons (Fsp3) is 0.364. The van der Waals surface area contributed by atoms with E-state index in [0.717, 1.165) is 4.90 Å². The second-order valence-electron chi connectivity index (χ2n) is 4.18. The highest BCUT2D eigenvalue weighted by atomic mass is 19.2. The van der Waals surface area contributed by atoms with Gasteiger partial charge in [0.15, 0.2) is 11.6 Å². The molecule has 0 aromatic heterocycles. The summed E-state index contributed by atoms with van der Waals surface area (Å²) in [5.74, 6) is -4.23. The Balaban J connectivity index is 2.15. The number of likely N-dealkylation sites (tertiary alicyclic amines) is 1. The van der Waals surface area contributed by atoms with Crippen LogP contribution in [0.3, 0.4) is 0 Å². The van der Waals surface area contributed by atoms with Gasteiger partial charge in [-0.2, -0.15) is 0 Å². The lowest BCUT2D eigenvalue weighted by atomic mass is 9.89. The van der Waals surface area contributed by atoms with E-state index in [4.69, 9.17) is 5.11 Å². The van der Waals surface area contributed by atoms with E-state index in [0.29, 0.717) is 12.1 Å². The van der Waals surface area contributed by atoms with Crippen molar-refractivity contribution >= 4 is 6.09 Å². The van der Waals surface area contributed by atoms with Crippen molar-refractivity contribution in [3.8, 4) is 0 Å². The Labute approximate surface area is 100 Å². The Bertz CT molecular complexity index is 489. The third-order valence-electron chi connectivity index (χ3n) is 2.97. The summed E-state index contributed by atoms with van der Waals surface area (Å²) in [5.41, 5.74) is -0.484. The summed E-state index contributed by atoms with van der Waals surface area (Å²) < 4.78 is 39.3. The van der Waals surface area contributed by atoms with E-state index in [1.165, 1.54) is 0 Å². The number of nitrogens with zero attached hydrogens (tertiary/aromatic N) is 1. The molecule has 2 rings (SSSR count). The fourth-order valence-electron chi connectivity index (χ4n) is 1.91. The van der Waals surface area contributed by atoms with Crippen molar-refractivity contribution in [2.75, 3.05) is 13.1 Å². The number of hydrogen-bond donors (Lipinski definition) is 2. The first kappa shape index (κ1) is 12.7. The van der Waals surface area contributed by atoms with Gasteiger partial charge in [0, 0.05) is 30.6 Å². The van der Waals surface area contributed by atoms with Gasteiger partial charge in [0.05, 0.1) is 6.10 Å². The Kier molecular flexibility index (Phi) is 3.16. The molecule has 1 fully saturated rings. The third-order valence-corrected chi connectivity index (χ3v) is 2.97. The molecular formula is C11H10F3NO3. The lowest BCUT2D eigenvalue weighted by Crippen LogP contribution is -2.51. The van der Waals surface area contributed by atoms with Crippen LogP contribution in [0.15, 0.2) is 12.1 Å². The molecule has 1 heterocycles. The van der Waals surface area contributed by atoms with Gasteiger partial charge in [-0.1, -0.05) is 0 Å². The molecule has 1 atom stereocenters. The van der Waals surface area contributed by atoms with Gasteiger partial charge in [-0.25, -0.2) is 18.0 Å². The number of amides is 1. The van der Waals surface area contributed by atoms with Gasteiger partial charge in [-0.15, -0.1) is 0 Å². The summed E-state index contributed by atoms with van der Waals surface area (Å²) in [7, 11) is 0. The molecule has 2 N–H and O–H groups in total. The Morgan fingerprint density at radius 1 is 1.33 bits per heavy atom. The number of aliphatic hydroxyl groups excluding tert-OH is 1. The van der Waals surface area contributed by atoms with Crippen molar-refractivity contribution in [2.45, 2.75) is 6.10 Å². The molecule has 18 heavy (non-hydrogen) atoms. The van der Waals surface area contributed by atoms with Crippen molar-refractivity contribution in [2.24, 2.45) is 5.92 Å². The first-order valence-electron chi connectivity index (χ1n) is 5.20. The summed E-state index contributed by atoms with van der Waals surface area (Å²) >= 11 is 0. The number of halogens is 3. The molecule has 0 saturated carbocycles. The number of rotatable bonds is 2. The van der Waals surface area contributed by atoms with Crippen LogP contribution in [0.2, 0.25) is 0 Å². The maximum atomic E-state index is 13.4. The van der Waals surface area contributed by atoms with Gasteiger partial charge in [0.2, 0.25) is 0 Å². The standard InChI is InChI=1S/C11H10F3NO3/c12-6-1-7(9(14)8(13)2-6)10(16)5-3-15(4-5)11(17)18/h1-2,5,10,16H,3-4H2,(H,17,18). The molecule has 1 aliphatic heterocycles. The van der Waals surface area contributed by atoms with Crippen LogP contribution < -0.4 is 0 Å². The van der Waals surface area contributed by atoms with Gasteiger partial charge in [-0.05, 0) is 6.07 Å².